The van der Waals surface area contributed by atoms with Gasteiger partial charge >= 0.3 is 0 Å². The molecular formula is C15H20N2O2. The second kappa shape index (κ2) is 7.15. The van der Waals surface area contributed by atoms with E-state index < -0.39 is 0 Å². The highest BCUT2D eigenvalue weighted by atomic mass is 16.5. The Morgan fingerprint density at radius 3 is 2.89 bits per heavy atom. The van der Waals surface area contributed by atoms with Crippen LogP contribution in [-0.2, 0) is 4.74 Å². The molecule has 2 N–H and O–H groups in total. The zero-order valence-electron chi connectivity index (χ0n) is 11.3. The van der Waals surface area contributed by atoms with Gasteiger partial charge in [0.1, 0.15) is 18.5 Å². The normalized spacial score (nSPS) is 19.6. The second-order valence-corrected chi connectivity index (χ2v) is 4.60. The molecule has 4 nitrogen and oxygen atoms in total. The highest BCUT2D eigenvalue weighted by Crippen LogP contribution is 2.13. The van der Waals surface area contributed by atoms with E-state index in [0.29, 0.717) is 13.2 Å². The van der Waals surface area contributed by atoms with E-state index in [1.807, 2.05) is 24.3 Å². The molecule has 102 valence electrons. The smallest absolute Gasteiger partial charge is 0.119 e. The lowest BCUT2D eigenvalue weighted by Gasteiger charge is -2.29. The standard InChI is InChI=1S/C15H20N2O2/c1-17-9-10-18-15(11-17)12-19-14-6-4-13(5-7-14)3-2-8-16/h4-7,15H,8-12,16H2,1H3. The van der Waals surface area contributed by atoms with E-state index in [0.717, 1.165) is 31.0 Å². The fourth-order valence-electron chi connectivity index (χ4n) is 1.94. The maximum atomic E-state index is 5.73. The van der Waals surface area contributed by atoms with Crippen LogP contribution in [0.25, 0.3) is 0 Å². The lowest BCUT2D eigenvalue weighted by atomic mass is 10.2. The lowest BCUT2D eigenvalue weighted by Crippen LogP contribution is -2.42. The first-order valence-electron chi connectivity index (χ1n) is 6.50. The number of hydrogen-bond acceptors (Lipinski definition) is 4. The van der Waals surface area contributed by atoms with Crippen molar-refractivity contribution in [1.82, 2.24) is 4.90 Å². The molecule has 2 rings (SSSR count). The van der Waals surface area contributed by atoms with Gasteiger partial charge in [-0.05, 0) is 31.3 Å². The summed E-state index contributed by atoms with van der Waals surface area (Å²) >= 11 is 0. The number of nitrogens with two attached hydrogens (primary N) is 1. The highest BCUT2D eigenvalue weighted by molar-refractivity contribution is 5.38. The van der Waals surface area contributed by atoms with Gasteiger partial charge in [-0.3, -0.25) is 0 Å². The zero-order chi connectivity index (χ0) is 13.5. The van der Waals surface area contributed by atoms with Gasteiger partial charge in [0, 0.05) is 18.7 Å². The Morgan fingerprint density at radius 2 is 2.21 bits per heavy atom. The molecule has 0 bridgehead atoms. The average Bonchev–Trinajstić information content (AvgIpc) is 2.44. The van der Waals surface area contributed by atoms with Crippen LogP contribution in [0.4, 0.5) is 0 Å². The van der Waals surface area contributed by atoms with Crippen molar-refractivity contribution in [3.63, 3.8) is 0 Å². The first kappa shape index (κ1) is 13.9. The van der Waals surface area contributed by atoms with Crippen molar-refractivity contribution in [3.05, 3.63) is 29.8 Å². The van der Waals surface area contributed by atoms with Gasteiger partial charge in [0.25, 0.3) is 0 Å². The Labute approximate surface area is 114 Å². The van der Waals surface area contributed by atoms with E-state index in [1.165, 1.54) is 0 Å². The van der Waals surface area contributed by atoms with Crippen molar-refractivity contribution in [2.24, 2.45) is 5.73 Å². The fraction of sp³-hybridized carbons (Fsp3) is 0.467. The van der Waals surface area contributed by atoms with Crippen LogP contribution in [0.2, 0.25) is 0 Å². The summed E-state index contributed by atoms with van der Waals surface area (Å²) in [5.41, 5.74) is 6.28. The monoisotopic (exact) mass is 260 g/mol. The molecule has 1 unspecified atom stereocenters. The minimum atomic E-state index is 0.149. The molecule has 0 radical (unpaired) electrons. The summed E-state index contributed by atoms with van der Waals surface area (Å²) in [6.07, 6.45) is 0.149. The number of nitrogens with zero attached hydrogens (tertiary/aromatic N) is 1. The van der Waals surface area contributed by atoms with Gasteiger partial charge in [-0.1, -0.05) is 11.8 Å². The quantitative estimate of drug-likeness (QED) is 0.813. The van der Waals surface area contributed by atoms with E-state index in [9.17, 15) is 0 Å². The summed E-state index contributed by atoms with van der Waals surface area (Å²) in [6, 6.07) is 7.72. The Bertz CT molecular complexity index is 447. The minimum absolute atomic E-state index is 0.149. The predicted molar refractivity (Wildman–Crippen MR) is 75.1 cm³/mol. The SMILES string of the molecule is CN1CCOC(COc2ccc(C#CCN)cc2)C1. The van der Waals surface area contributed by atoms with E-state index in [-0.39, 0.29) is 6.10 Å². The average molecular weight is 260 g/mol. The Balaban J connectivity index is 1.82. The fourth-order valence-corrected chi connectivity index (χ4v) is 1.94. The molecule has 19 heavy (non-hydrogen) atoms. The topological polar surface area (TPSA) is 47.7 Å². The van der Waals surface area contributed by atoms with Crippen LogP contribution in [0.1, 0.15) is 5.56 Å². The van der Waals surface area contributed by atoms with E-state index in [1.54, 1.807) is 0 Å². The summed E-state index contributed by atoms with van der Waals surface area (Å²) in [7, 11) is 2.10. The molecular weight excluding hydrogens is 240 g/mol. The number of morpholine rings is 1. The number of rotatable bonds is 3. The Morgan fingerprint density at radius 1 is 1.42 bits per heavy atom. The number of benzene rings is 1. The predicted octanol–water partition coefficient (Wildman–Crippen LogP) is 0.706. The molecule has 1 atom stereocenters. The van der Waals surface area contributed by atoms with Gasteiger partial charge < -0.3 is 20.1 Å². The van der Waals surface area contributed by atoms with Crippen LogP contribution in [-0.4, -0.2) is 50.9 Å². The lowest BCUT2D eigenvalue weighted by molar-refractivity contribution is -0.0403. The highest BCUT2D eigenvalue weighted by Gasteiger charge is 2.17. The van der Waals surface area contributed by atoms with Crippen LogP contribution < -0.4 is 10.5 Å². The van der Waals surface area contributed by atoms with Gasteiger partial charge in [-0.15, -0.1) is 0 Å². The molecule has 1 aliphatic rings. The first-order chi connectivity index (χ1) is 9.28. The van der Waals surface area contributed by atoms with Crippen molar-refractivity contribution < 1.29 is 9.47 Å². The van der Waals surface area contributed by atoms with E-state index in [4.69, 9.17) is 15.2 Å². The van der Waals surface area contributed by atoms with Gasteiger partial charge in [-0.25, -0.2) is 0 Å². The maximum Gasteiger partial charge on any atom is 0.119 e. The van der Waals surface area contributed by atoms with Gasteiger partial charge in [0.05, 0.1) is 13.2 Å². The maximum absolute atomic E-state index is 5.73. The van der Waals surface area contributed by atoms with Crippen LogP contribution in [0.5, 0.6) is 5.75 Å². The third-order valence-electron chi connectivity index (χ3n) is 2.97. The first-order valence-corrected chi connectivity index (χ1v) is 6.50. The Hall–Kier alpha value is -1.54. The van der Waals surface area contributed by atoms with Gasteiger partial charge in [-0.2, -0.15) is 0 Å². The van der Waals surface area contributed by atoms with Crippen molar-refractivity contribution in [2.45, 2.75) is 6.10 Å². The molecule has 1 fully saturated rings. The molecule has 4 heteroatoms. The molecule has 1 aromatic carbocycles. The summed E-state index contributed by atoms with van der Waals surface area (Å²) in [4.78, 5) is 2.25. The molecule has 1 aliphatic heterocycles. The summed E-state index contributed by atoms with van der Waals surface area (Å²) < 4.78 is 11.4. The second-order valence-electron chi connectivity index (χ2n) is 4.60. The molecule has 0 amide bonds. The van der Waals surface area contributed by atoms with Crippen molar-refractivity contribution in [3.8, 4) is 17.6 Å². The van der Waals surface area contributed by atoms with E-state index >= 15 is 0 Å². The van der Waals surface area contributed by atoms with Crippen molar-refractivity contribution >= 4 is 0 Å². The molecule has 0 spiro atoms. The summed E-state index contributed by atoms with van der Waals surface area (Å²) in [5.74, 6) is 6.65. The number of hydrogen-bond donors (Lipinski definition) is 1. The minimum Gasteiger partial charge on any atom is -0.491 e. The molecule has 0 aromatic heterocycles. The summed E-state index contributed by atoms with van der Waals surface area (Å²) in [6.45, 7) is 3.65. The zero-order valence-corrected chi connectivity index (χ0v) is 11.3. The molecule has 0 aliphatic carbocycles. The molecule has 1 aromatic rings. The van der Waals surface area contributed by atoms with Crippen molar-refractivity contribution in [1.29, 1.82) is 0 Å². The largest absolute Gasteiger partial charge is 0.491 e. The Kier molecular flexibility index (Phi) is 5.22. The van der Waals surface area contributed by atoms with Crippen LogP contribution in [0.15, 0.2) is 24.3 Å². The molecule has 1 saturated heterocycles. The van der Waals surface area contributed by atoms with Gasteiger partial charge in [0.2, 0.25) is 0 Å². The summed E-state index contributed by atoms with van der Waals surface area (Å²) in [5, 5.41) is 0. The van der Waals surface area contributed by atoms with Crippen LogP contribution in [0, 0.1) is 11.8 Å². The molecule has 0 saturated carbocycles. The third-order valence-corrected chi connectivity index (χ3v) is 2.97. The van der Waals surface area contributed by atoms with Gasteiger partial charge in [0.15, 0.2) is 0 Å². The third kappa shape index (κ3) is 4.56. The molecule has 1 heterocycles. The number of ether oxygens (including phenoxy) is 2. The number of likely N-dealkylation sites (N-methyl/N-ethyl adjacent to an activating group) is 1. The van der Waals surface area contributed by atoms with E-state index in [2.05, 4.69) is 23.8 Å². The van der Waals surface area contributed by atoms with Crippen LogP contribution in [0.3, 0.4) is 0 Å². The van der Waals surface area contributed by atoms with Crippen molar-refractivity contribution in [2.75, 3.05) is 39.9 Å². The van der Waals surface area contributed by atoms with Crippen LogP contribution >= 0.6 is 0 Å².